The van der Waals surface area contributed by atoms with Crippen LogP contribution in [0.15, 0.2) is 18.6 Å². The highest BCUT2D eigenvalue weighted by atomic mass is 16.5. The summed E-state index contributed by atoms with van der Waals surface area (Å²) < 4.78 is 4.34. The van der Waals surface area contributed by atoms with Crippen molar-refractivity contribution in [2.24, 2.45) is 0 Å². The Labute approximate surface area is 63.4 Å². The maximum absolute atomic E-state index is 10.6. The van der Waals surface area contributed by atoms with Crippen LogP contribution in [0.25, 0.3) is 0 Å². The molecule has 0 fully saturated rings. The van der Waals surface area contributed by atoms with Crippen molar-refractivity contribution in [3.8, 4) is 0 Å². The molecule has 0 aromatic carbocycles. The second-order valence-corrected chi connectivity index (χ2v) is 1.71. The van der Waals surface area contributed by atoms with Crippen molar-refractivity contribution < 1.29 is 9.53 Å². The van der Waals surface area contributed by atoms with Crippen LogP contribution in [0.1, 0.15) is 0 Å². The summed E-state index contributed by atoms with van der Waals surface area (Å²) in [6.45, 7) is 0. The number of carbonyl (C=O) groups is 1. The number of aromatic nitrogens is 2. The van der Waals surface area contributed by atoms with Gasteiger partial charge in [-0.2, -0.15) is 0 Å². The van der Waals surface area contributed by atoms with Crippen molar-refractivity contribution in [1.29, 1.82) is 0 Å². The van der Waals surface area contributed by atoms with E-state index in [-0.39, 0.29) is 0 Å². The number of hydrogen-bond acceptors (Lipinski definition) is 4. The van der Waals surface area contributed by atoms with Crippen LogP contribution in [0.5, 0.6) is 0 Å². The molecule has 0 spiro atoms. The van der Waals surface area contributed by atoms with E-state index in [0.717, 1.165) is 0 Å². The Balaban J connectivity index is 2.58. The zero-order valence-corrected chi connectivity index (χ0v) is 5.94. The number of carbonyl (C=O) groups excluding carboxylic acids is 1. The molecule has 5 heteroatoms. The van der Waals surface area contributed by atoms with Gasteiger partial charge in [-0.15, -0.1) is 0 Å². The zero-order valence-electron chi connectivity index (χ0n) is 5.94. The van der Waals surface area contributed by atoms with E-state index in [1.807, 2.05) is 0 Å². The summed E-state index contributed by atoms with van der Waals surface area (Å²) in [6, 6.07) is 1.57. The SMILES string of the molecule is COC(=O)Nc1ccncn1. The van der Waals surface area contributed by atoms with E-state index < -0.39 is 6.09 Å². The van der Waals surface area contributed by atoms with E-state index in [0.29, 0.717) is 5.82 Å². The van der Waals surface area contributed by atoms with Gasteiger partial charge in [0.15, 0.2) is 0 Å². The highest BCUT2D eigenvalue weighted by Crippen LogP contribution is 1.97. The third-order valence-corrected chi connectivity index (χ3v) is 0.997. The molecule has 1 amide bonds. The van der Waals surface area contributed by atoms with Gasteiger partial charge in [0.1, 0.15) is 12.1 Å². The van der Waals surface area contributed by atoms with Crippen LogP contribution in [0, 0.1) is 0 Å². The lowest BCUT2D eigenvalue weighted by atomic mass is 10.6. The van der Waals surface area contributed by atoms with Gasteiger partial charge in [-0.25, -0.2) is 14.8 Å². The molecular formula is C6H7N3O2. The van der Waals surface area contributed by atoms with Crippen LogP contribution >= 0.6 is 0 Å². The Hall–Kier alpha value is -1.65. The fraction of sp³-hybridized carbons (Fsp3) is 0.167. The molecule has 1 N–H and O–H groups in total. The minimum atomic E-state index is -0.538. The fourth-order valence-corrected chi connectivity index (χ4v) is 0.520. The number of amides is 1. The molecule has 0 saturated heterocycles. The van der Waals surface area contributed by atoms with E-state index >= 15 is 0 Å². The maximum atomic E-state index is 10.6. The fourth-order valence-electron chi connectivity index (χ4n) is 0.520. The summed E-state index contributed by atoms with van der Waals surface area (Å²) in [5.74, 6) is 0.423. The van der Waals surface area contributed by atoms with Gasteiger partial charge in [-0.1, -0.05) is 0 Å². The first-order valence-corrected chi connectivity index (χ1v) is 2.94. The van der Waals surface area contributed by atoms with Gasteiger partial charge in [-0.05, 0) is 6.07 Å². The van der Waals surface area contributed by atoms with Gasteiger partial charge >= 0.3 is 6.09 Å². The second-order valence-electron chi connectivity index (χ2n) is 1.71. The number of nitrogens with one attached hydrogen (secondary N) is 1. The molecule has 1 heterocycles. The molecule has 0 bridgehead atoms. The largest absolute Gasteiger partial charge is 0.453 e. The van der Waals surface area contributed by atoms with E-state index in [1.165, 1.54) is 19.6 Å². The monoisotopic (exact) mass is 153 g/mol. The molecule has 0 radical (unpaired) electrons. The first-order valence-electron chi connectivity index (χ1n) is 2.94. The van der Waals surface area contributed by atoms with Gasteiger partial charge < -0.3 is 4.74 Å². The van der Waals surface area contributed by atoms with Crippen LogP contribution < -0.4 is 5.32 Å². The number of methoxy groups -OCH3 is 1. The minimum Gasteiger partial charge on any atom is -0.453 e. The third kappa shape index (κ3) is 2.21. The Morgan fingerprint density at radius 2 is 2.55 bits per heavy atom. The predicted octanol–water partition coefficient (Wildman–Crippen LogP) is 0.655. The van der Waals surface area contributed by atoms with Gasteiger partial charge in [-0.3, -0.25) is 5.32 Å². The van der Waals surface area contributed by atoms with Gasteiger partial charge in [0, 0.05) is 6.20 Å². The Kier molecular flexibility index (Phi) is 2.37. The lowest BCUT2D eigenvalue weighted by Gasteiger charge is -1.99. The smallest absolute Gasteiger partial charge is 0.412 e. The molecule has 11 heavy (non-hydrogen) atoms. The molecule has 1 aromatic heterocycles. The summed E-state index contributed by atoms with van der Waals surface area (Å²) >= 11 is 0. The van der Waals surface area contributed by atoms with Gasteiger partial charge in [0.05, 0.1) is 7.11 Å². The quantitative estimate of drug-likeness (QED) is 0.643. The molecule has 58 valence electrons. The van der Waals surface area contributed by atoms with E-state index in [9.17, 15) is 4.79 Å². The molecule has 0 unspecified atom stereocenters. The molecule has 1 rings (SSSR count). The topological polar surface area (TPSA) is 64.1 Å². The first kappa shape index (κ1) is 7.46. The maximum Gasteiger partial charge on any atom is 0.412 e. The number of anilines is 1. The average Bonchev–Trinajstić information content (AvgIpc) is 2.06. The molecule has 5 nitrogen and oxygen atoms in total. The summed E-state index contributed by atoms with van der Waals surface area (Å²) in [5, 5.41) is 2.38. The van der Waals surface area contributed by atoms with Crippen LogP contribution in [0.4, 0.5) is 10.6 Å². The molecular weight excluding hydrogens is 146 g/mol. The molecule has 0 aliphatic heterocycles. The summed E-state index contributed by atoms with van der Waals surface area (Å²) in [4.78, 5) is 18.0. The highest BCUT2D eigenvalue weighted by molar-refractivity contribution is 5.82. The van der Waals surface area contributed by atoms with Gasteiger partial charge in [0.2, 0.25) is 0 Å². The van der Waals surface area contributed by atoms with Crippen LogP contribution in [-0.4, -0.2) is 23.2 Å². The van der Waals surface area contributed by atoms with Crippen molar-refractivity contribution in [1.82, 2.24) is 9.97 Å². The normalized spacial score (nSPS) is 8.82. The number of nitrogens with zero attached hydrogens (tertiary/aromatic N) is 2. The Morgan fingerprint density at radius 1 is 1.73 bits per heavy atom. The number of rotatable bonds is 1. The minimum absolute atomic E-state index is 0.423. The van der Waals surface area contributed by atoms with Crippen molar-refractivity contribution in [3.63, 3.8) is 0 Å². The zero-order chi connectivity index (χ0) is 8.10. The Morgan fingerprint density at radius 3 is 3.09 bits per heavy atom. The second kappa shape index (κ2) is 3.50. The summed E-state index contributed by atoms with van der Waals surface area (Å²) in [6.07, 6.45) is 2.33. The highest BCUT2D eigenvalue weighted by Gasteiger charge is 1.98. The van der Waals surface area contributed by atoms with Crippen molar-refractivity contribution in [2.75, 3.05) is 12.4 Å². The van der Waals surface area contributed by atoms with E-state index in [1.54, 1.807) is 6.07 Å². The number of ether oxygens (including phenoxy) is 1. The Bertz CT molecular complexity index is 237. The van der Waals surface area contributed by atoms with Gasteiger partial charge in [0.25, 0.3) is 0 Å². The predicted molar refractivity (Wildman–Crippen MR) is 38.1 cm³/mol. The standard InChI is InChI=1S/C6H7N3O2/c1-11-6(10)9-5-2-3-7-4-8-5/h2-4H,1H3,(H,7,8,9,10). The van der Waals surface area contributed by atoms with Crippen LogP contribution in [-0.2, 0) is 4.74 Å². The van der Waals surface area contributed by atoms with Crippen molar-refractivity contribution in [3.05, 3.63) is 18.6 Å². The third-order valence-electron chi connectivity index (χ3n) is 0.997. The summed E-state index contributed by atoms with van der Waals surface area (Å²) in [7, 11) is 1.29. The lowest BCUT2D eigenvalue weighted by molar-refractivity contribution is 0.187. The molecule has 0 aliphatic carbocycles. The van der Waals surface area contributed by atoms with E-state index in [4.69, 9.17) is 0 Å². The molecule has 0 aliphatic rings. The van der Waals surface area contributed by atoms with E-state index in [2.05, 4.69) is 20.0 Å². The molecule has 0 saturated carbocycles. The molecule has 1 aromatic rings. The van der Waals surface area contributed by atoms with Crippen LogP contribution in [0.3, 0.4) is 0 Å². The van der Waals surface area contributed by atoms with Crippen LogP contribution in [0.2, 0.25) is 0 Å². The van der Waals surface area contributed by atoms with Crippen molar-refractivity contribution >= 4 is 11.9 Å². The lowest BCUT2D eigenvalue weighted by Crippen LogP contribution is -2.11. The average molecular weight is 153 g/mol. The van der Waals surface area contributed by atoms with Crippen molar-refractivity contribution in [2.45, 2.75) is 0 Å². The molecule has 0 atom stereocenters. The number of hydrogen-bond donors (Lipinski definition) is 1. The first-order chi connectivity index (χ1) is 5.33. The summed E-state index contributed by atoms with van der Waals surface area (Å²) in [5.41, 5.74) is 0.